The summed E-state index contributed by atoms with van der Waals surface area (Å²) in [7, 11) is 0. The summed E-state index contributed by atoms with van der Waals surface area (Å²) in [4.78, 5) is 6.96. The van der Waals surface area contributed by atoms with Crippen molar-refractivity contribution in [3.05, 3.63) is 23.9 Å². The highest BCUT2D eigenvalue weighted by atomic mass is 15.2. The van der Waals surface area contributed by atoms with Gasteiger partial charge in [0.05, 0.1) is 0 Å². The van der Waals surface area contributed by atoms with Crippen LogP contribution in [-0.2, 0) is 6.54 Å². The number of nitrogens with zero attached hydrogens (tertiary/aromatic N) is 2. The van der Waals surface area contributed by atoms with Gasteiger partial charge in [-0.25, -0.2) is 4.98 Å². The average molecular weight is 263 g/mol. The zero-order valence-corrected chi connectivity index (χ0v) is 12.9. The molecule has 0 atom stereocenters. The zero-order chi connectivity index (χ0) is 14.3. The first kappa shape index (κ1) is 16.0. The SMILES string of the molecule is CC(C)CCN(CCC(C)C)c1ncccc1CN. The van der Waals surface area contributed by atoms with Crippen LogP contribution in [-0.4, -0.2) is 18.1 Å². The van der Waals surface area contributed by atoms with Gasteiger partial charge in [-0.15, -0.1) is 0 Å². The van der Waals surface area contributed by atoms with Gasteiger partial charge in [0.2, 0.25) is 0 Å². The molecular formula is C16H29N3. The molecule has 3 nitrogen and oxygen atoms in total. The summed E-state index contributed by atoms with van der Waals surface area (Å²) in [5.74, 6) is 2.50. The third-order valence-corrected chi connectivity index (χ3v) is 3.34. The first-order valence-corrected chi connectivity index (χ1v) is 7.43. The second-order valence-electron chi connectivity index (χ2n) is 6.04. The van der Waals surface area contributed by atoms with Gasteiger partial charge in [0.1, 0.15) is 5.82 Å². The summed E-state index contributed by atoms with van der Waals surface area (Å²) < 4.78 is 0. The van der Waals surface area contributed by atoms with Gasteiger partial charge in [-0.3, -0.25) is 0 Å². The average Bonchev–Trinajstić information content (AvgIpc) is 2.38. The van der Waals surface area contributed by atoms with Gasteiger partial charge in [-0.2, -0.15) is 0 Å². The van der Waals surface area contributed by atoms with Crippen LogP contribution in [0.2, 0.25) is 0 Å². The van der Waals surface area contributed by atoms with E-state index in [4.69, 9.17) is 5.73 Å². The maximum Gasteiger partial charge on any atom is 0.132 e. The highest BCUT2D eigenvalue weighted by molar-refractivity contribution is 5.46. The van der Waals surface area contributed by atoms with Crippen molar-refractivity contribution in [3.8, 4) is 0 Å². The smallest absolute Gasteiger partial charge is 0.132 e. The Morgan fingerprint density at radius 1 is 1.11 bits per heavy atom. The summed E-state index contributed by atoms with van der Waals surface area (Å²) in [5, 5.41) is 0. The molecule has 0 amide bonds. The lowest BCUT2D eigenvalue weighted by Crippen LogP contribution is -2.29. The van der Waals surface area contributed by atoms with Gasteiger partial charge in [-0.05, 0) is 30.7 Å². The van der Waals surface area contributed by atoms with E-state index in [0.29, 0.717) is 18.4 Å². The Labute approximate surface area is 118 Å². The van der Waals surface area contributed by atoms with E-state index in [1.54, 1.807) is 0 Å². The van der Waals surface area contributed by atoms with Crippen molar-refractivity contribution in [3.63, 3.8) is 0 Å². The minimum Gasteiger partial charge on any atom is -0.356 e. The third-order valence-electron chi connectivity index (χ3n) is 3.34. The lowest BCUT2D eigenvalue weighted by atomic mass is 10.1. The normalized spacial score (nSPS) is 11.3. The van der Waals surface area contributed by atoms with Crippen LogP contribution in [0.25, 0.3) is 0 Å². The molecule has 0 aliphatic heterocycles. The van der Waals surface area contributed by atoms with E-state index in [0.717, 1.165) is 24.5 Å². The van der Waals surface area contributed by atoms with Crippen molar-refractivity contribution in [2.45, 2.75) is 47.1 Å². The van der Waals surface area contributed by atoms with Crippen LogP contribution in [0.1, 0.15) is 46.1 Å². The molecular weight excluding hydrogens is 234 g/mol. The van der Waals surface area contributed by atoms with Gasteiger partial charge in [0.15, 0.2) is 0 Å². The number of aromatic nitrogens is 1. The standard InChI is InChI=1S/C16H29N3/c1-13(2)7-10-19(11-8-14(3)4)16-15(12-17)6-5-9-18-16/h5-6,9,13-14H,7-8,10-12,17H2,1-4H3. The van der Waals surface area contributed by atoms with Crippen LogP contribution in [0.5, 0.6) is 0 Å². The number of rotatable bonds is 8. The van der Waals surface area contributed by atoms with Crippen LogP contribution in [0, 0.1) is 11.8 Å². The van der Waals surface area contributed by atoms with E-state index in [1.165, 1.54) is 12.8 Å². The van der Waals surface area contributed by atoms with Crippen LogP contribution in [0.3, 0.4) is 0 Å². The van der Waals surface area contributed by atoms with E-state index in [2.05, 4.69) is 43.6 Å². The van der Waals surface area contributed by atoms with Crippen molar-refractivity contribution in [1.29, 1.82) is 0 Å². The molecule has 1 aromatic rings. The largest absolute Gasteiger partial charge is 0.356 e. The molecule has 0 unspecified atom stereocenters. The summed E-state index contributed by atoms with van der Waals surface area (Å²) in [6.45, 7) is 11.8. The predicted molar refractivity (Wildman–Crippen MR) is 83.3 cm³/mol. The minimum absolute atomic E-state index is 0.559. The Bertz CT molecular complexity index is 349. The molecule has 0 saturated carbocycles. The molecule has 2 N–H and O–H groups in total. The van der Waals surface area contributed by atoms with Gasteiger partial charge in [0, 0.05) is 31.4 Å². The van der Waals surface area contributed by atoms with Crippen molar-refractivity contribution >= 4 is 5.82 Å². The highest BCUT2D eigenvalue weighted by Gasteiger charge is 2.12. The molecule has 1 heterocycles. The summed E-state index contributed by atoms with van der Waals surface area (Å²) in [6, 6.07) is 4.05. The molecule has 108 valence electrons. The molecule has 0 bridgehead atoms. The molecule has 3 heteroatoms. The van der Waals surface area contributed by atoms with E-state index in [9.17, 15) is 0 Å². The van der Waals surface area contributed by atoms with Crippen LogP contribution in [0.4, 0.5) is 5.82 Å². The summed E-state index contributed by atoms with van der Waals surface area (Å²) in [6.07, 6.45) is 4.25. The van der Waals surface area contributed by atoms with Crippen molar-refractivity contribution < 1.29 is 0 Å². The molecule has 0 spiro atoms. The van der Waals surface area contributed by atoms with Gasteiger partial charge >= 0.3 is 0 Å². The van der Waals surface area contributed by atoms with Crippen LogP contribution < -0.4 is 10.6 Å². The summed E-state index contributed by atoms with van der Waals surface area (Å²) in [5.41, 5.74) is 6.98. The van der Waals surface area contributed by atoms with Crippen molar-refractivity contribution in [2.75, 3.05) is 18.0 Å². The Kier molecular flexibility index (Phi) is 6.85. The first-order chi connectivity index (χ1) is 9.04. The first-order valence-electron chi connectivity index (χ1n) is 7.43. The molecule has 19 heavy (non-hydrogen) atoms. The number of pyridine rings is 1. The number of nitrogens with two attached hydrogens (primary N) is 1. The zero-order valence-electron chi connectivity index (χ0n) is 12.9. The van der Waals surface area contributed by atoms with Crippen LogP contribution in [0.15, 0.2) is 18.3 Å². The van der Waals surface area contributed by atoms with Gasteiger partial charge in [-0.1, -0.05) is 33.8 Å². The second kappa shape index (κ2) is 8.16. The topological polar surface area (TPSA) is 42.2 Å². The van der Waals surface area contributed by atoms with Gasteiger partial charge in [0.25, 0.3) is 0 Å². The molecule has 0 fully saturated rings. The number of hydrogen-bond donors (Lipinski definition) is 1. The fourth-order valence-electron chi connectivity index (χ4n) is 2.03. The van der Waals surface area contributed by atoms with Crippen molar-refractivity contribution in [1.82, 2.24) is 4.98 Å². The molecule has 0 aromatic carbocycles. The summed E-state index contributed by atoms with van der Waals surface area (Å²) >= 11 is 0. The molecule has 0 aliphatic rings. The Morgan fingerprint density at radius 2 is 1.68 bits per heavy atom. The fourth-order valence-corrected chi connectivity index (χ4v) is 2.03. The van der Waals surface area contributed by atoms with Gasteiger partial charge < -0.3 is 10.6 Å². The Balaban J connectivity index is 2.81. The van der Waals surface area contributed by atoms with Crippen LogP contribution >= 0.6 is 0 Å². The minimum atomic E-state index is 0.559. The molecule has 0 radical (unpaired) electrons. The Morgan fingerprint density at radius 3 is 2.16 bits per heavy atom. The number of anilines is 1. The molecule has 0 aliphatic carbocycles. The second-order valence-corrected chi connectivity index (χ2v) is 6.04. The van der Waals surface area contributed by atoms with E-state index in [1.807, 2.05) is 12.3 Å². The lowest BCUT2D eigenvalue weighted by Gasteiger charge is -2.27. The van der Waals surface area contributed by atoms with Crippen molar-refractivity contribution in [2.24, 2.45) is 17.6 Å². The predicted octanol–water partition coefficient (Wildman–Crippen LogP) is 3.44. The van der Waals surface area contributed by atoms with E-state index >= 15 is 0 Å². The number of hydrogen-bond acceptors (Lipinski definition) is 3. The quantitative estimate of drug-likeness (QED) is 0.781. The van der Waals surface area contributed by atoms with E-state index in [-0.39, 0.29) is 0 Å². The molecule has 0 saturated heterocycles. The molecule has 1 rings (SSSR count). The monoisotopic (exact) mass is 263 g/mol. The maximum atomic E-state index is 5.83. The maximum absolute atomic E-state index is 5.83. The Hall–Kier alpha value is -1.09. The van der Waals surface area contributed by atoms with E-state index < -0.39 is 0 Å². The lowest BCUT2D eigenvalue weighted by molar-refractivity contribution is 0.532. The fraction of sp³-hybridized carbons (Fsp3) is 0.688. The molecule has 1 aromatic heterocycles. The third kappa shape index (κ3) is 5.60. The highest BCUT2D eigenvalue weighted by Crippen LogP contribution is 2.19.